The first kappa shape index (κ1) is 25.0. The fourth-order valence-corrected chi connectivity index (χ4v) is 4.06. The van der Waals surface area contributed by atoms with Crippen LogP contribution in [-0.4, -0.2) is 0 Å². The van der Waals surface area contributed by atoms with E-state index in [1.807, 2.05) is 37.3 Å². The Bertz CT molecular complexity index is 1460. The lowest BCUT2D eigenvalue weighted by molar-refractivity contribution is 0.636. The van der Waals surface area contributed by atoms with Crippen molar-refractivity contribution in [3.63, 3.8) is 0 Å². The highest BCUT2D eigenvalue weighted by Gasteiger charge is 2.06. The van der Waals surface area contributed by atoms with Crippen LogP contribution in [0.3, 0.4) is 0 Å². The Morgan fingerprint density at radius 2 is 1.31 bits per heavy atom. The minimum absolute atomic E-state index is 0.285. The van der Waals surface area contributed by atoms with Gasteiger partial charge in [-0.3, -0.25) is 0 Å². The van der Waals surface area contributed by atoms with Crippen LogP contribution in [0.4, 0.5) is 4.39 Å². The summed E-state index contributed by atoms with van der Waals surface area (Å²) in [5, 5.41) is 1.39. The molecule has 0 amide bonds. The average Bonchev–Trinajstić information content (AvgIpc) is 2.92. The highest BCUT2D eigenvalue weighted by molar-refractivity contribution is 5.86. The first-order valence-electron chi connectivity index (χ1n) is 12.7. The van der Waals surface area contributed by atoms with E-state index in [-0.39, 0.29) is 5.82 Å². The lowest BCUT2D eigenvalue weighted by Gasteiger charge is -2.03. The minimum atomic E-state index is -0.285. The molecule has 0 atom stereocenters. The molecular weight excluding hydrogens is 439 g/mol. The average molecular weight is 471 g/mol. The molecule has 0 N–H and O–H groups in total. The third-order valence-corrected chi connectivity index (χ3v) is 6.21. The minimum Gasteiger partial charge on any atom is -0.205 e. The molecule has 4 aromatic carbocycles. The van der Waals surface area contributed by atoms with Crippen molar-refractivity contribution >= 4 is 10.8 Å². The summed E-state index contributed by atoms with van der Waals surface area (Å²) in [5.41, 5.74) is 5.76. The highest BCUT2D eigenvalue weighted by Crippen LogP contribution is 2.22. The first-order valence-corrected chi connectivity index (χ1v) is 12.7. The van der Waals surface area contributed by atoms with Gasteiger partial charge in [-0.2, -0.15) is 0 Å². The van der Waals surface area contributed by atoms with E-state index >= 15 is 4.39 Å². The molecular formula is C35H31F. The fraction of sp³-hybridized carbons (Fsp3) is 0.200. The molecule has 4 aromatic rings. The Hall–Kier alpha value is -4.07. The summed E-state index contributed by atoms with van der Waals surface area (Å²) in [6, 6.07) is 25.9. The molecule has 0 unspecified atom stereocenters. The second-order valence-electron chi connectivity index (χ2n) is 8.97. The number of hydrogen-bond donors (Lipinski definition) is 0. The van der Waals surface area contributed by atoms with Gasteiger partial charge in [-0.05, 0) is 91.6 Å². The molecule has 0 spiro atoms. The second kappa shape index (κ2) is 12.6. The lowest BCUT2D eigenvalue weighted by Crippen LogP contribution is -1.88. The molecule has 0 bridgehead atoms. The maximum atomic E-state index is 15.2. The van der Waals surface area contributed by atoms with Gasteiger partial charge in [-0.15, -0.1) is 0 Å². The normalized spacial score (nSPS) is 10.6. The van der Waals surface area contributed by atoms with Gasteiger partial charge in [0.15, 0.2) is 0 Å². The van der Waals surface area contributed by atoms with Crippen LogP contribution in [-0.2, 0) is 12.8 Å². The molecule has 1 heteroatoms. The number of unbranched alkanes of at least 4 members (excludes halogenated alkanes) is 1. The van der Waals surface area contributed by atoms with E-state index < -0.39 is 0 Å². The van der Waals surface area contributed by atoms with Crippen LogP contribution in [0.15, 0.2) is 91.0 Å². The molecule has 0 heterocycles. The summed E-state index contributed by atoms with van der Waals surface area (Å²) in [7, 11) is 0. The number of fused-ring (bicyclic) bond motifs is 1. The van der Waals surface area contributed by atoms with Gasteiger partial charge < -0.3 is 0 Å². The Balaban J connectivity index is 1.48. The maximum absolute atomic E-state index is 15.2. The van der Waals surface area contributed by atoms with Crippen LogP contribution in [0.1, 0.15) is 66.5 Å². The summed E-state index contributed by atoms with van der Waals surface area (Å²) >= 11 is 0. The van der Waals surface area contributed by atoms with Gasteiger partial charge in [0.05, 0.1) is 5.56 Å². The van der Waals surface area contributed by atoms with Crippen LogP contribution in [0.5, 0.6) is 0 Å². The van der Waals surface area contributed by atoms with E-state index in [0.29, 0.717) is 10.9 Å². The van der Waals surface area contributed by atoms with Gasteiger partial charge in [0.25, 0.3) is 0 Å². The molecule has 36 heavy (non-hydrogen) atoms. The molecule has 0 aromatic heterocycles. The van der Waals surface area contributed by atoms with Crippen molar-refractivity contribution in [1.29, 1.82) is 0 Å². The summed E-state index contributed by atoms with van der Waals surface area (Å²) < 4.78 is 15.2. The molecule has 0 fully saturated rings. The number of benzene rings is 4. The van der Waals surface area contributed by atoms with E-state index in [2.05, 4.69) is 79.2 Å². The van der Waals surface area contributed by atoms with E-state index in [0.717, 1.165) is 41.3 Å². The first-order chi connectivity index (χ1) is 17.7. The summed E-state index contributed by atoms with van der Waals surface area (Å²) in [6.07, 6.45) is 9.80. The molecule has 0 aliphatic rings. The van der Waals surface area contributed by atoms with Gasteiger partial charge in [0, 0.05) is 22.1 Å². The van der Waals surface area contributed by atoms with Crippen molar-refractivity contribution in [1.82, 2.24) is 0 Å². The zero-order valence-electron chi connectivity index (χ0n) is 21.1. The van der Waals surface area contributed by atoms with Crippen molar-refractivity contribution < 1.29 is 4.39 Å². The number of rotatable bonds is 6. The highest BCUT2D eigenvalue weighted by atomic mass is 19.1. The molecule has 0 saturated heterocycles. The fourth-order valence-electron chi connectivity index (χ4n) is 4.06. The Labute approximate surface area is 214 Å². The zero-order chi connectivity index (χ0) is 25.2. The molecule has 0 aliphatic carbocycles. The lowest BCUT2D eigenvalue weighted by atomic mass is 10.0. The summed E-state index contributed by atoms with van der Waals surface area (Å²) in [6.45, 7) is 4.24. The van der Waals surface area contributed by atoms with Crippen LogP contribution in [0.25, 0.3) is 10.8 Å². The SMILES string of the molecule is C/C=C/CCc1ccc(C#Cc2ccc3c(F)c(C#Cc4ccc(CCCC)cc4)ccc3c2)cc1. The third-order valence-electron chi connectivity index (χ3n) is 6.21. The summed E-state index contributed by atoms with van der Waals surface area (Å²) in [4.78, 5) is 0. The second-order valence-corrected chi connectivity index (χ2v) is 8.97. The van der Waals surface area contributed by atoms with E-state index in [9.17, 15) is 0 Å². The van der Waals surface area contributed by atoms with Crippen LogP contribution in [0.2, 0.25) is 0 Å². The van der Waals surface area contributed by atoms with Crippen molar-refractivity contribution in [3.05, 3.63) is 130 Å². The van der Waals surface area contributed by atoms with Crippen LogP contribution >= 0.6 is 0 Å². The Morgan fingerprint density at radius 1 is 0.694 bits per heavy atom. The topological polar surface area (TPSA) is 0 Å². The molecule has 4 rings (SSSR count). The smallest absolute Gasteiger partial charge is 0.146 e. The van der Waals surface area contributed by atoms with Crippen LogP contribution < -0.4 is 0 Å². The van der Waals surface area contributed by atoms with Crippen molar-refractivity contribution in [3.8, 4) is 23.7 Å². The molecule has 0 nitrogen and oxygen atoms in total. The van der Waals surface area contributed by atoms with Crippen molar-refractivity contribution in [2.24, 2.45) is 0 Å². The number of hydrogen-bond acceptors (Lipinski definition) is 0. The van der Waals surface area contributed by atoms with Gasteiger partial charge in [-0.25, -0.2) is 4.39 Å². The summed E-state index contributed by atoms with van der Waals surface area (Å²) in [5.74, 6) is 12.3. The predicted molar refractivity (Wildman–Crippen MR) is 150 cm³/mol. The molecule has 0 saturated carbocycles. The van der Waals surface area contributed by atoms with Gasteiger partial charge in [-0.1, -0.05) is 85.6 Å². The van der Waals surface area contributed by atoms with Crippen molar-refractivity contribution in [2.75, 3.05) is 0 Å². The monoisotopic (exact) mass is 470 g/mol. The number of allylic oxidation sites excluding steroid dienone is 2. The third kappa shape index (κ3) is 6.75. The Kier molecular flexibility index (Phi) is 8.75. The van der Waals surface area contributed by atoms with E-state index in [4.69, 9.17) is 0 Å². The van der Waals surface area contributed by atoms with Gasteiger partial charge in [0.1, 0.15) is 5.82 Å². The predicted octanol–water partition coefficient (Wildman–Crippen LogP) is 8.63. The largest absolute Gasteiger partial charge is 0.205 e. The Morgan fingerprint density at radius 3 is 1.97 bits per heavy atom. The molecule has 178 valence electrons. The van der Waals surface area contributed by atoms with Gasteiger partial charge >= 0.3 is 0 Å². The van der Waals surface area contributed by atoms with Crippen molar-refractivity contribution in [2.45, 2.75) is 46.0 Å². The zero-order valence-corrected chi connectivity index (χ0v) is 21.1. The standard InChI is InChI=1S/C35H31F/c1-3-5-7-9-28-12-14-29(15-13-28)18-19-31-21-25-34-33(26-31)24-23-32(35(34)36)22-20-30-16-10-27(11-17-30)8-6-4-2/h3,5,10-17,21,23-26H,4,6-9H2,1-2H3/b5-3+. The maximum Gasteiger partial charge on any atom is 0.146 e. The number of halogens is 1. The molecule has 0 radical (unpaired) electrons. The van der Waals surface area contributed by atoms with E-state index in [1.165, 1.54) is 24.0 Å². The van der Waals surface area contributed by atoms with Crippen LogP contribution in [0, 0.1) is 29.5 Å². The van der Waals surface area contributed by atoms with E-state index in [1.54, 1.807) is 12.1 Å². The quantitative estimate of drug-likeness (QED) is 0.195. The molecule has 0 aliphatic heterocycles. The number of aryl methyl sites for hydroxylation is 2. The van der Waals surface area contributed by atoms with Gasteiger partial charge in [0.2, 0.25) is 0 Å².